The minimum Gasteiger partial charge on any atom is -0.333 e. The molecular weight excluding hydrogens is 483 g/mol. The lowest BCUT2D eigenvalue weighted by molar-refractivity contribution is -0.160. The van der Waals surface area contributed by atoms with Crippen molar-refractivity contribution in [1.82, 2.24) is 4.98 Å². The second kappa shape index (κ2) is 11.4. The molecule has 1 heterocycles. The van der Waals surface area contributed by atoms with Crippen LogP contribution in [0, 0.1) is 12.8 Å². The Kier molecular flexibility index (Phi) is 8.69. The molecule has 37 heavy (non-hydrogen) atoms. The zero-order valence-corrected chi connectivity index (χ0v) is 21.1. The van der Waals surface area contributed by atoms with Crippen molar-refractivity contribution in [1.29, 1.82) is 0 Å². The number of hydrogen-bond acceptors (Lipinski definition) is 2. The summed E-state index contributed by atoms with van der Waals surface area (Å²) in [5.74, 6) is -4.72. The van der Waals surface area contributed by atoms with Gasteiger partial charge in [-0.05, 0) is 55.6 Å². The van der Waals surface area contributed by atoms with Gasteiger partial charge in [0, 0.05) is 18.7 Å². The lowest BCUT2D eigenvalue weighted by Crippen LogP contribution is -2.36. The SMILES string of the molecule is CN.Cc1cccc(C(Cc2ccccc2)(C2=CC(C(F)(F)F)CC=C2)c2ccc(C(C)(F)F)cn2)c1. The summed E-state index contributed by atoms with van der Waals surface area (Å²) in [6.45, 7) is 2.70. The topological polar surface area (TPSA) is 38.9 Å². The Balaban J connectivity index is 0.00000186. The van der Waals surface area contributed by atoms with Gasteiger partial charge in [0.2, 0.25) is 0 Å². The number of aryl methyl sites for hydroxylation is 1. The molecule has 0 amide bonds. The zero-order valence-electron chi connectivity index (χ0n) is 21.1. The maximum absolute atomic E-state index is 14.0. The number of rotatable bonds is 6. The van der Waals surface area contributed by atoms with Crippen LogP contribution in [0.1, 0.15) is 41.3 Å². The standard InChI is InChI=1S/C29H26F5N.CH5N/c1-20-8-6-11-22(16-20)28(18-21-9-4-3-5-10-21,23-12-7-13-24(17-23)29(32,33)34)26-15-14-25(19-35-26)27(2,30)31;1-2/h3-12,14-17,19,24H,13,18H2,1-2H3;2H2,1H3. The van der Waals surface area contributed by atoms with E-state index in [1.54, 1.807) is 6.08 Å². The zero-order chi connectivity index (χ0) is 27.3. The van der Waals surface area contributed by atoms with Gasteiger partial charge in [-0.25, -0.2) is 8.78 Å². The molecule has 2 N–H and O–H groups in total. The molecule has 7 heteroatoms. The van der Waals surface area contributed by atoms with Crippen molar-refractivity contribution in [3.8, 4) is 0 Å². The van der Waals surface area contributed by atoms with Crippen LogP contribution in [0.15, 0.2) is 96.7 Å². The Hall–Kier alpha value is -3.32. The highest BCUT2D eigenvalue weighted by Crippen LogP contribution is 2.46. The summed E-state index contributed by atoms with van der Waals surface area (Å²) < 4.78 is 69.3. The van der Waals surface area contributed by atoms with Gasteiger partial charge in [-0.2, -0.15) is 13.2 Å². The molecule has 0 saturated carbocycles. The third-order valence-electron chi connectivity index (χ3n) is 6.51. The maximum atomic E-state index is 14.0. The summed E-state index contributed by atoms with van der Waals surface area (Å²) in [5.41, 5.74) is 6.58. The van der Waals surface area contributed by atoms with E-state index < -0.39 is 23.4 Å². The summed E-state index contributed by atoms with van der Waals surface area (Å²) in [6.07, 6.45) is 1.43. The van der Waals surface area contributed by atoms with Gasteiger partial charge in [-0.1, -0.05) is 78.4 Å². The number of hydrogen-bond donors (Lipinski definition) is 1. The van der Waals surface area contributed by atoms with Gasteiger partial charge in [0.25, 0.3) is 5.92 Å². The Bertz CT molecular complexity index is 1230. The predicted octanol–water partition coefficient (Wildman–Crippen LogP) is 7.67. The lowest BCUT2D eigenvalue weighted by atomic mass is 9.65. The third-order valence-corrected chi connectivity index (χ3v) is 6.51. The van der Waals surface area contributed by atoms with Gasteiger partial charge in [0.1, 0.15) is 0 Å². The first-order chi connectivity index (χ1) is 17.5. The third kappa shape index (κ3) is 6.34. The number of aromatic nitrogens is 1. The Morgan fingerprint density at radius 3 is 2.16 bits per heavy atom. The lowest BCUT2D eigenvalue weighted by Gasteiger charge is -2.38. The van der Waals surface area contributed by atoms with E-state index in [0.717, 1.165) is 29.8 Å². The van der Waals surface area contributed by atoms with Crippen LogP contribution in [0.4, 0.5) is 22.0 Å². The Morgan fingerprint density at radius 2 is 1.59 bits per heavy atom. The molecule has 0 bridgehead atoms. The largest absolute Gasteiger partial charge is 0.395 e. The van der Waals surface area contributed by atoms with E-state index in [1.807, 2.05) is 61.5 Å². The number of benzene rings is 2. The minimum absolute atomic E-state index is 0.142. The van der Waals surface area contributed by atoms with Crippen LogP contribution in [-0.2, 0) is 17.8 Å². The van der Waals surface area contributed by atoms with Crippen molar-refractivity contribution in [2.24, 2.45) is 11.7 Å². The normalized spacial score (nSPS) is 17.3. The van der Waals surface area contributed by atoms with Crippen molar-refractivity contribution in [2.75, 3.05) is 7.05 Å². The number of pyridine rings is 1. The number of alkyl halides is 5. The molecule has 1 aliphatic carbocycles. The van der Waals surface area contributed by atoms with Gasteiger partial charge in [0.05, 0.1) is 17.0 Å². The molecule has 0 aliphatic heterocycles. The van der Waals surface area contributed by atoms with Crippen LogP contribution in [-0.4, -0.2) is 18.2 Å². The van der Waals surface area contributed by atoms with Crippen molar-refractivity contribution >= 4 is 0 Å². The first-order valence-corrected chi connectivity index (χ1v) is 12.0. The highest BCUT2D eigenvalue weighted by atomic mass is 19.4. The van der Waals surface area contributed by atoms with E-state index >= 15 is 0 Å². The van der Waals surface area contributed by atoms with Crippen LogP contribution in [0.5, 0.6) is 0 Å². The average molecular weight is 515 g/mol. The van der Waals surface area contributed by atoms with Crippen molar-refractivity contribution in [2.45, 2.75) is 44.2 Å². The van der Waals surface area contributed by atoms with E-state index in [2.05, 4.69) is 10.7 Å². The molecule has 0 radical (unpaired) electrons. The van der Waals surface area contributed by atoms with Gasteiger partial charge in [-0.15, -0.1) is 0 Å². The summed E-state index contributed by atoms with van der Waals surface area (Å²) in [6, 6.07) is 19.8. The molecule has 2 nitrogen and oxygen atoms in total. The summed E-state index contributed by atoms with van der Waals surface area (Å²) in [5, 5.41) is 0. The van der Waals surface area contributed by atoms with E-state index in [9.17, 15) is 22.0 Å². The van der Waals surface area contributed by atoms with Crippen LogP contribution in [0.25, 0.3) is 0 Å². The van der Waals surface area contributed by atoms with E-state index in [0.29, 0.717) is 17.7 Å². The van der Waals surface area contributed by atoms with Crippen molar-refractivity contribution in [3.63, 3.8) is 0 Å². The van der Waals surface area contributed by atoms with Crippen molar-refractivity contribution < 1.29 is 22.0 Å². The summed E-state index contributed by atoms with van der Waals surface area (Å²) in [7, 11) is 1.50. The second-order valence-corrected chi connectivity index (χ2v) is 9.17. The monoisotopic (exact) mass is 514 g/mol. The fraction of sp³-hybridized carbons (Fsp3) is 0.300. The summed E-state index contributed by atoms with van der Waals surface area (Å²) >= 11 is 0. The van der Waals surface area contributed by atoms with Crippen molar-refractivity contribution in [3.05, 3.63) is 125 Å². The van der Waals surface area contributed by atoms with Gasteiger partial charge < -0.3 is 5.73 Å². The maximum Gasteiger partial charge on any atom is 0.395 e. The van der Waals surface area contributed by atoms with E-state index in [1.165, 1.54) is 31.3 Å². The van der Waals surface area contributed by atoms with Crippen LogP contribution in [0.2, 0.25) is 0 Å². The molecule has 196 valence electrons. The van der Waals surface area contributed by atoms with E-state index in [4.69, 9.17) is 0 Å². The average Bonchev–Trinajstić information content (AvgIpc) is 2.88. The highest BCUT2D eigenvalue weighted by molar-refractivity contribution is 5.54. The Labute approximate surface area is 214 Å². The van der Waals surface area contributed by atoms with E-state index in [-0.39, 0.29) is 12.0 Å². The quantitative estimate of drug-likeness (QED) is 0.343. The van der Waals surface area contributed by atoms with Crippen LogP contribution < -0.4 is 5.73 Å². The fourth-order valence-corrected chi connectivity index (χ4v) is 4.67. The Morgan fingerprint density at radius 1 is 0.892 bits per heavy atom. The molecule has 2 aromatic carbocycles. The van der Waals surface area contributed by atoms with Crippen LogP contribution >= 0.6 is 0 Å². The molecule has 2 atom stereocenters. The number of nitrogens with two attached hydrogens (primary N) is 1. The first-order valence-electron chi connectivity index (χ1n) is 12.0. The van der Waals surface area contributed by atoms with Crippen LogP contribution in [0.3, 0.4) is 0 Å². The molecular formula is C30H31F5N2. The van der Waals surface area contributed by atoms with Gasteiger partial charge in [0.15, 0.2) is 0 Å². The summed E-state index contributed by atoms with van der Waals surface area (Å²) in [4.78, 5) is 4.45. The number of allylic oxidation sites excluding steroid dienone is 4. The minimum atomic E-state index is -4.40. The number of halogens is 5. The molecule has 4 rings (SSSR count). The first kappa shape index (κ1) is 28.3. The molecule has 1 aliphatic rings. The van der Waals surface area contributed by atoms with Gasteiger partial charge >= 0.3 is 6.18 Å². The predicted molar refractivity (Wildman–Crippen MR) is 137 cm³/mol. The second-order valence-electron chi connectivity index (χ2n) is 9.17. The molecule has 0 spiro atoms. The smallest absolute Gasteiger partial charge is 0.333 e. The molecule has 2 unspecified atom stereocenters. The highest BCUT2D eigenvalue weighted by Gasteiger charge is 2.44. The fourth-order valence-electron chi connectivity index (χ4n) is 4.67. The van der Waals surface area contributed by atoms with Gasteiger partial charge in [-0.3, -0.25) is 4.98 Å². The molecule has 3 aromatic rings. The molecule has 0 saturated heterocycles. The number of nitrogens with zero attached hydrogens (tertiary/aromatic N) is 1. The molecule has 1 aromatic heterocycles. The molecule has 0 fully saturated rings.